The van der Waals surface area contributed by atoms with Gasteiger partial charge in [-0.3, -0.25) is 9.69 Å². The molecule has 0 N–H and O–H groups in total. The highest BCUT2D eigenvalue weighted by Crippen LogP contribution is 2.26. The van der Waals surface area contributed by atoms with Gasteiger partial charge in [-0.05, 0) is 44.2 Å². The summed E-state index contributed by atoms with van der Waals surface area (Å²) in [6.07, 6.45) is 13.7. The molecule has 0 saturated carbocycles. The fraction of sp³-hybridized carbons (Fsp3) is 0.704. The summed E-state index contributed by atoms with van der Waals surface area (Å²) in [6.45, 7) is 6.34. The third-order valence-corrected chi connectivity index (χ3v) is 6.82. The smallest absolute Gasteiger partial charge is 0.307 e. The number of carbonyl (C=O) groups excluding carboxylic acids is 1. The molecule has 33 heavy (non-hydrogen) atoms. The summed E-state index contributed by atoms with van der Waals surface area (Å²) >= 11 is 0. The summed E-state index contributed by atoms with van der Waals surface area (Å²) in [5, 5.41) is 5.01. The predicted molar refractivity (Wildman–Crippen MR) is 129 cm³/mol. The van der Waals surface area contributed by atoms with Crippen molar-refractivity contribution in [2.75, 3.05) is 13.1 Å². The maximum atomic E-state index is 13.4. The number of aryl methyl sites for hydroxylation is 1. The van der Waals surface area contributed by atoms with Crippen LogP contribution in [0, 0.1) is 11.7 Å². The van der Waals surface area contributed by atoms with Gasteiger partial charge in [0.25, 0.3) is 0 Å². The Labute approximate surface area is 198 Å². The molecule has 1 aromatic carbocycles. The zero-order valence-electron chi connectivity index (χ0n) is 20.5. The molecule has 2 unspecified atom stereocenters. The Kier molecular flexibility index (Phi) is 10.6. The Bertz CT molecular complexity index is 847. The highest BCUT2D eigenvalue weighted by atomic mass is 19.1. The van der Waals surface area contributed by atoms with E-state index in [1.807, 2.05) is 0 Å². The van der Waals surface area contributed by atoms with Crippen LogP contribution in [-0.2, 0) is 16.0 Å². The van der Waals surface area contributed by atoms with Crippen LogP contribution < -0.4 is 0 Å². The lowest BCUT2D eigenvalue weighted by molar-refractivity contribution is -0.166. The molecule has 1 fully saturated rings. The largest absolute Gasteiger partial charge is 0.446 e. The molecule has 0 radical (unpaired) electrons. The standard InChI is InChI=1S/C27H41FN2O3/c1-3-4-5-6-7-8-10-13-26(31)32-27(30-18-11-9-12-19-30)21(2)14-17-24-23-16-15-22(28)20-25(23)33-29-24/h15-16,20-21,27H,3-14,17-19H2,1-2H3. The van der Waals surface area contributed by atoms with Crippen LogP contribution >= 0.6 is 0 Å². The van der Waals surface area contributed by atoms with Crippen molar-refractivity contribution in [3.05, 3.63) is 29.7 Å². The van der Waals surface area contributed by atoms with Crippen LogP contribution in [0.15, 0.2) is 22.7 Å². The van der Waals surface area contributed by atoms with Gasteiger partial charge in [-0.1, -0.05) is 63.9 Å². The number of likely N-dealkylation sites (tertiary alicyclic amines) is 1. The van der Waals surface area contributed by atoms with Crippen LogP contribution in [0.5, 0.6) is 0 Å². The fourth-order valence-corrected chi connectivity index (χ4v) is 4.79. The lowest BCUT2D eigenvalue weighted by atomic mass is 9.98. The molecule has 1 aromatic heterocycles. The molecular weight excluding hydrogens is 419 g/mol. The summed E-state index contributed by atoms with van der Waals surface area (Å²) < 4.78 is 24.8. The first-order chi connectivity index (χ1) is 16.1. The van der Waals surface area contributed by atoms with Crippen LogP contribution in [-0.4, -0.2) is 35.3 Å². The summed E-state index contributed by atoms with van der Waals surface area (Å²) in [5.41, 5.74) is 1.31. The van der Waals surface area contributed by atoms with Gasteiger partial charge in [0.15, 0.2) is 11.8 Å². The van der Waals surface area contributed by atoms with E-state index in [0.717, 1.165) is 56.3 Å². The van der Waals surface area contributed by atoms with Crippen molar-refractivity contribution in [1.82, 2.24) is 10.1 Å². The first-order valence-electron chi connectivity index (χ1n) is 13.1. The van der Waals surface area contributed by atoms with Gasteiger partial charge in [0.2, 0.25) is 0 Å². The monoisotopic (exact) mass is 460 g/mol. The van der Waals surface area contributed by atoms with E-state index in [4.69, 9.17) is 9.26 Å². The van der Waals surface area contributed by atoms with Gasteiger partial charge < -0.3 is 9.26 Å². The van der Waals surface area contributed by atoms with Crippen LogP contribution in [0.1, 0.15) is 96.6 Å². The average Bonchev–Trinajstić information content (AvgIpc) is 3.23. The number of esters is 1. The maximum Gasteiger partial charge on any atom is 0.307 e. The highest BCUT2D eigenvalue weighted by molar-refractivity contribution is 5.79. The number of benzene rings is 1. The Morgan fingerprint density at radius 1 is 1.12 bits per heavy atom. The first kappa shape index (κ1) is 25.7. The van der Waals surface area contributed by atoms with Gasteiger partial charge in [-0.2, -0.15) is 0 Å². The number of hydrogen-bond donors (Lipinski definition) is 0. The minimum atomic E-state index is -0.323. The molecule has 0 bridgehead atoms. The van der Waals surface area contributed by atoms with E-state index in [1.54, 1.807) is 6.07 Å². The van der Waals surface area contributed by atoms with Gasteiger partial charge in [-0.25, -0.2) is 4.39 Å². The molecule has 0 aliphatic carbocycles. The second kappa shape index (κ2) is 13.7. The van der Waals surface area contributed by atoms with E-state index in [1.165, 1.54) is 50.7 Å². The summed E-state index contributed by atoms with van der Waals surface area (Å²) in [6, 6.07) is 4.54. The molecule has 0 spiro atoms. The third-order valence-electron chi connectivity index (χ3n) is 6.82. The average molecular weight is 461 g/mol. The van der Waals surface area contributed by atoms with Crippen LogP contribution in [0.3, 0.4) is 0 Å². The maximum absolute atomic E-state index is 13.4. The summed E-state index contributed by atoms with van der Waals surface area (Å²) in [4.78, 5) is 15.0. The number of fused-ring (bicyclic) bond motifs is 1. The van der Waals surface area contributed by atoms with Crippen molar-refractivity contribution in [1.29, 1.82) is 0 Å². The molecule has 0 amide bonds. The second-order valence-corrected chi connectivity index (χ2v) is 9.63. The van der Waals surface area contributed by atoms with E-state index in [0.29, 0.717) is 18.4 Å². The van der Waals surface area contributed by atoms with E-state index in [-0.39, 0.29) is 23.9 Å². The molecular formula is C27H41FN2O3. The molecule has 1 aliphatic rings. The summed E-state index contributed by atoms with van der Waals surface area (Å²) in [5.74, 6) is -0.224. The van der Waals surface area contributed by atoms with Crippen LogP contribution in [0.4, 0.5) is 4.39 Å². The van der Waals surface area contributed by atoms with Gasteiger partial charge >= 0.3 is 5.97 Å². The Balaban J connectivity index is 1.51. The van der Waals surface area contributed by atoms with E-state index in [2.05, 4.69) is 23.9 Å². The fourth-order valence-electron chi connectivity index (χ4n) is 4.79. The Morgan fingerprint density at radius 2 is 1.85 bits per heavy atom. The normalized spacial score (nSPS) is 16.7. The van der Waals surface area contributed by atoms with Crippen molar-refractivity contribution in [3.8, 4) is 0 Å². The van der Waals surface area contributed by atoms with Gasteiger partial charge in [0.05, 0.1) is 5.69 Å². The minimum Gasteiger partial charge on any atom is -0.446 e. The number of aromatic nitrogens is 1. The molecule has 2 atom stereocenters. The predicted octanol–water partition coefficient (Wildman–Crippen LogP) is 7.03. The SMILES string of the molecule is CCCCCCCCCC(=O)OC(C(C)CCc1noc2cc(F)ccc12)N1CCCCC1. The molecule has 2 aromatic rings. The number of nitrogens with zero attached hydrogens (tertiary/aromatic N) is 2. The number of unbranched alkanes of at least 4 members (excludes halogenated alkanes) is 6. The zero-order valence-corrected chi connectivity index (χ0v) is 20.5. The van der Waals surface area contributed by atoms with Crippen molar-refractivity contribution in [2.45, 2.75) is 104 Å². The van der Waals surface area contributed by atoms with Gasteiger partial charge in [0.1, 0.15) is 5.82 Å². The number of rotatable bonds is 14. The summed E-state index contributed by atoms with van der Waals surface area (Å²) in [7, 11) is 0. The van der Waals surface area contributed by atoms with Crippen molar-refractivity contribution in [3.63, 3.8) is 0 Å². The number of piperidine rings is 1. The number of carbonyl (C=O) groups is 1. The van der Waals surface area contributed by atoms with Crippen LogP contribution in [0.2, 0.25) is 0 Å². The highest BCUT2D eigenvalue weighted by Gasteiger charge is 2.29. The first-order valence-corrected chi connectivity index (χ1v) is 13.1. The zero-order chi connectivity index (χ0) is 23.5. The second-order valence-electron chi connectivity index (χ2n) is 9.63. The van der Waals surface area contributed by atoms with E-state index < -0.39 is 0 Å². The Hall–Kier alpha value is -1.95. The quantitative estimate of drug-likeness (QED) is 0.224. The molecule has 3 rings (SSSR count). The number of ether oxygens (including phenoxy) is 1. The molecule has 1 saturated heterocycles. The lowest BCUT2D eigenvalue weighted by Crippen LogP contribution is -2.45. The van der Waals surface area contributed by atoms with E-state index in [9.17, 15) is 9.18 Å². The van der Waals surface area contributed by atoms with Crippen LogP contribution in [0.25, 0.3) is 11.0 Å². The molecule has 1 aliphatic heterocycles. The van der Waals surface area contributed by atoms with E-state index >= 15 is 0 Å². The number of hydrogen-bond acceptors (Lipinski definition) is 5. The van der Waals surface area contributed by atoms with Crippen molar-refractivity contribution >= 4 is 16.9 Å². The topological polar surface area (TPSA) is 55.6 Å². The molecule has 6 heteroatoms. The molecule has 184 valence electrons. The molecule has 5 nitrogen and oxygen atoms in total. The van der Waals surface area contributed by atoms with Gasteiger partial charge in [0, 0.05) is 36.9 Å². The van der Waals surface area contributed by atoms with Crippen molar-refractivity contribution in [2.24, 2.45) is 5.92 Å². The lowest BCUT2D eigenvalue weighted by Gasteiger charge is -2.37. The third kappa shape index (κ3) is 8.09. The number of halogens is 1. The van der Waals surface area contributed by atoms with Gasteiger partial charge in [-0.15, -0.1) is 0 Å². The Morgan fingerprint density at radius 3 is 2.61 bits per heavy atom. The minimum absolute atomic E-state index is 0.0756. The molecule has 2 heterocycles. The van der Waals surface area contributed by atoms with Crippen molar-refractivity contribution < 1.29 is 18.4 Å².